The number of aromatic nitrogens is 2. The van der Waals surface area contributed by atoms with Crippen LogP contribution >= 0.6 is 11.6 Å². The molecule has 3 aromatic rings. The van der Waals surface area contributed by atoms with Gasteiger partial charge in [-0.25, -0.2) is 4.98 Å². The van der Waals surface area contributed by atoms with E-state index in [9.17, 15) is 5.11 Å². The van der Waals surface area contributed by atoms with E-state index in [-0.39, 0.29) is 5.75 Å². The summed E-state index contributed by atoms with van der Waals surface area (Å²) in [4.78, 5) is 4.31. The van der Waals surface area contributed by atoms with Crippen molar-refractivity contribution in [2.75, 3.05) is 0 Å². The number of benzene rings is 2. The van der Waals surface area contributed by atoms with Gasteiger partial charge in [0.1, 0.15) is 11.6 Å². The third-order valence-electron chi connectivity index (χ3n) is 2.87. The summed E-state index contributed by atoms with van der Waals surface area (Å²) in [5.74, 6) is 0.819. The van der Waals surface area contributed by atoms with E-state index in [2.05, 4.69) is 4.98 Å². The lowest BCUT2D eigenvalue weighted by Gasteiger charge is -2.09. The minimum Gasteiger partial charge on any atom is -0.507 e. The van der Waals surface area contributed by atoms with Gasteiger partial charge in [-0.3, -0.25) is 4.57 Å². The zero-order chi connectivity index (χ0) is 13.2. The van der Waals surface area contributed by atoms with Crippen LogP contribution in [-0.4, -0.2) is 14.7 Å². The highest BCUT2D eigenvalue weighted by Gasteiger charge is 2.12. The fraction of sp³-hybridized carbons (Fsp3) is 0. The molecule has 94 valence electrons. The first-order chi connectivity index (χ1) is 9.25. The lowest BCUT2D eigenvalue weighted by atomic mass is 10.2. The van der Waals surface area contributed by atoms with Gasteiger partial charge in [-0.15, -0.1) is 0 Å². The standard InChI is InChI=1S/C15H11ClN2O/c16-11-6-7-14(19)13(10-11)15-17-8-9-18(15)12-4-2-1-3-5-12/h1-10,19H. The van der Waals surface area contributed by atoms with Gasteiger partial charge >= 0.3 is 0 Å². The molecule has 0 radical (unpaired) electrons. The quantitative estimate of drug-likeness (QED) is 0.767. The van der Waals surface area contributed by atoms with Crippen molar-refractivity contribution in [1.29, 1.82) is 0 Å². The van der Waals surface area contributed by atoms with Crippen LogP contribution in [0.4, 0.5) is 0 Å². The summed E-state index contributed by atoms with van der Waals surface area (Å²) in [7, 11) is 0. The average Bonchev–Trinajstić information content (AvgIpc) is 2.91. The van der Waals surface area contributed by atoms with Gasteiger partial charge in [0.05, 0.1) is 5.56 Å². The number of phenols is 1. The maximum absolute atomic E-state index is 9.97. The maximum Gasteiger partial charge on any atom is 0.148 e. The van der Waals surface area contributed by atoms with Gasteiger partial charge < -0.3 is 5.11 Å². The lowest BCUT2D eigenvalue weighted by Crippen LogP contribution is -1.96. The highest BCUT2D eigenvalue weighted by molar-refractivity contribution is 6.30. The van der Waals surface area contributed by atoms with Crippen LogP contribution in [0, 0.1) is 0 Å². The molecule has 0 saturated heterocycles. The molecule has 0 unspecified atom stereocenters. The van der Waals surface area contributed by atoms with E-state index < -0.39 is 0 Å². The van der Waals surface area contributed by atoms with Crippen molar-refractivity contribution in [2.45, 2.75) is 0 Å². The molecule has 0 aliphatic heterocycles. The predicted octanol–water partition coefficient (Wildman–Crippen LogP) is 3.90. The van der Waals surface area contributed by atoms with E-state index in [0.29, 0.717) is 16.4 Å². The molecule has 0 fully saturated rings. The Hall–Kier alpha value is -2.26. The SMILES string of the molecule is Oc1ccc(Cl)cc1-c1nccn1-c1ccccc1. The second kappa shape index (κ2) is 4.78. The third-order valence-corrected chi connectivity index (χ3v) is 3.11. The molecule has 19 heavy (non-hydrogen) atoms. The molecule has 0 saturated carbocycles. The fourth-order valence-electron chi connectivity index (χ4n) is 1.99. The molecule has 0 atom stereocenters. The Kier molecular flexibility index (Phi) is 2.97. The van der Waals surface area contributed by atoms with Crippen LogP contribution in [0.25, 0.3) is 17.1 Å². The first-order valence-electron chi connectivity index (χ1n) is 5.83. The molecular weight excluding hydrogens is 260 g/mol. The van der Waals surface area contributed by atoms with Crippen molar-refractivity contribution in [1.82, 2.24) is 9.55 Å². The van der Waals surface area contributed by atoms with Gasteiger partial charge in [0.15, 0.2) is 0 Å². The van der Waals surface area contributed by atoms with E-state index in [1.807, 2.05) is 41.1 Å². The van der Waals surface area contributed by atoms with E-state index >= 15 is 0 Å². The summed E-state index contributed by atoms with van der Waals surface area (Å²) in [6, 6.07) is 14.8. The molecule has 2 aromatic carbocycles. The van der Waals surface area contributed by atoms with Crippen LogP contribution in [0.15, 0.2) is 60.9 Å². The smallest absolute Gasteiger partial charge is 0.148 e. The van der Waals surface area contributed by atoms with Crippen LogP contribution in [0.2, 0.25) is 5.02 Å². The van der Waals surface area contributed by atoms with Crippen molar-refractivity contribution in [3.63, 3.8) is 0 Å². The van der Waals surface area contributed by atoms with Gasteiger partial charge in [-0.05, 0) is 30.3 Å². The zero-order valence-electron chi connectivity index (χ0n) is 9.99. The molecule has 0 aliphatic carbocycles. The minimum absolute atomic E-state index is 0.160. The summed E-state index contributed by atoms with van der Waals surface area (Å²) in [5, 5.41) is 10.5. The van der Waals surface area contributed by atoms with Crippen molar-refractivity contribution in [3.05, 3.63) is 65.9 Å². The molecular formula is C15H11ClN2O. The van der Waals surface area contributed by atoms with Gasteiger partial charge in [-0.1, -0.05) is 29.8 Å². The molecule has 4 heteroatoms. The molecule has 1 heterocycles. The number of halogens is 1. The molecule has 0 bridgehead atoms. The Labute approximate surface area is 115 Å². The topological polar surface area (TPSA) is 38.1 Å². The van der Waals surface area contributed by atoms with Crippen LogP contribution < -0.4 is 0 Å². The average molecular weight is 271 g/mol. The Morgan fingerprint density at radius 1 is 1.05 bits per heavy atom. The van der Waals surface area contributed by atoms with Crippen molar-refractivity contribution >= 4 is 11.6 Å². The van der Waals surface area contributed by atoms with Crippen molar-refractivity contribution in [2.24, 2.45) is 0 Å². The Balaban J connectivity index is 2.18. The van der Waals surface area contributed by atoms with E-state index in [0.717, 1.165) is 5.69 Å². The van der Waals surface area contributed by atoms with Gasteiger partial charge in [0.2, 0.25) is 0 Å². The summed E-state index contributed by atoms with van der Waals surface area (Å²) >= 11 is 5.98. The number of phenolic OH excluding ortho intramolecular Hbond substituents is 1. The largest absolute Gasteiger partial charge is 0.507 e. The summed E-state index contributed by atoms with van der Waals surface area (Å²) < 4.78 is 1.91. The van der Waals surface area contributed by atoms with Gasteiger partial charge in [-0.2, -0.15) is 0 Å². The molecule has 1 N–H and O–H groups in total. The van der Waals surface area contributed by atoms with Crippen molar-refractivity contribution < 1.29 is 5.11 Å². The Bertz CT molecular complexity index is 707. The third kappa shape index (κ3) is 2.20. The van der Waals surface area contributed by atoms with Crippen molar-refractivity contribution in [3.8, 4) is 22.8 Å². The first kappa shape index (κ1) is 11.8. The maximum atomic E-state index is 9.97. The van der Waals surface area contributed by atoms with Gasteiger partial charge in [0.25, 0.3) is 0 Å². The Morgan fingerprint density at radius 2 is 1.84 bits per heavy atom. The second-order valence-electron chi connectivity index (χ2n) is 4.12. The summed E-state index contributed by atoms with van der Waals surface area (Å²) in [5.41, 5.74) is 1.59. The van der Waals surface area contributed by atoms with E-state index in [4.69, 9.17) is 11.6 Å². The number of hydrogen-bond acceptors (Lipinski definition) is 2. The number of aromatic hydroxyl groups is 1. The summed E-state index contributed by atoms with van der Waals surface area (Å²) in [6.07, 6.45) is 3.55. The normalized spacial score (nSPS) is 10.6. The molecule has 0 aliphatic rings. The van der Waals surface area contributed by atoms with E-state index in [1.165, 1.54) is 0 Å². The molecule has 3 nitrogen and oxygen atoms in total. The van der Waals surface area contributed by atoms with Crippen LogP contribution in [0.1, 0.15) is 0 Å². The number of nitrogens with zero attached hydrogens (tertiary/aromatic N) is 2. The molecule has 1 aromatic heterocycles. The zero-order valence-corrected chi connectivity index (χ0v) is 10.7. The summed E-state index contributed by atoms with van der Waals surface area (Å²) in [6.45, 7) is 0. The van der Waals surface area contributed by atoms with Crippen LogP contribution in [-0.2, 0) is 0 Å². The Morgan fingerprint density at radius 3 is 2.63 bits per heavy atom. The fourth-order valence-corrected chi connectivity index (χ4v) is 2.16. The number of rotatable bonds is 2. The number of para-hydroxylation sites is 1. The number of hydrogen-bond donors (Lipinski definition) is 1. The molecule has 0 amide bonds. The lowest BCUT2D eigenvalue weighted by molar-refractivity contribution is 0.477. The molecule has 3 rings (SSSR count). The first-order valence-corrected chi connectivity index (χ1v) is 6.21. The van der Waals surface area contributed by atoms with Crippen LogP contribution in [0.3, 0.4) is 0 Å². The molecule has 0 spiro atoms. The van der Waals surface area contributed by atoms with E-state index in [1.54, 1.807) is 24.4 Å². The highest BCUT2D eigenvalue weighted by Crippen LogP contribution is 2.31. The monoisotopic (exact) mass is 270 g/mol. The van der Waals surface area contributed by atoms with Crippen LogP contribution in [0.5, 0.6) is 5.75 Å². The second-order valence-corrected chi connectivity index (χ2v) is 4.55. The minimum atomic E-state index is 0.160. The van der Waals surface area contributed by atoms with Gasteiger partial charge in [0, 0.05) is 23.1 Å². The predicted molar refractivity (Wildman–Crippen MR) is 75.7 cm³/mol. The number of imidazole rings is 1. The highest BCUT2D eigenvalue weighted by atomic mass is 35.5.